The van der Waals surface area contributed by atoms with E-state index in [0.717, 1.165) is 12.8 Å². The van der Waals surface area contributed by atoms with Crippen LogP contribution in [-0.2, 0) is 14.4 Å². The van der Waals surface area contributed by atoms with Crippen LogP contribution in [0, 0.1) is 5.92 Å². The maximum atomic E-state index is 11.1. The second kappa shape index (κ2) is 6.12. The van der Waals surface area contributed by atoms with Crippen LogP contribution in [-0.4, -0.2) is 27.9 Å². The Labute approximate surface area is 81.7 Å². The second-order valence-electron chi connectivity index (χ2n) is 3.03. The maximum absolute atomic E-state index is 11.1. The molecule has 0 heterocycles. The molecule has 0 aromatic carbocycles. The summed E-state index contributed by atoms with van der Waals surface area (Å²) in [6.07, 6.45) is 2.28. The lowest BCUT2D eigenvalue weighted by molar-refractivity contribution is -0.157. The van der Waals surface area contributed by atoms with Gasteiger partial charge in [0.2, 0.25) is 5.92 Å². The van der Waals surface area contributed by atoms with Gasteiger partial charge in [-0.1, -0.05) is 19.8 Å². The van der Waals surface area contributed by atoms with Gasteiger partial charge in [-0.15, -0.1) is 0 Å². The van der Waals surface area contributed by atoms with Crippen molar-refractivity contribution >= 4 is 17.7 Å². The van der Waals surface area contributed by atoms with Gasteiger partial charge in [0.15, 0.2) is 5.78 Å². The summed E-state index contributed by atoms with van der Waals surface area (Å²) in [5.41, 5.74) is 0. The van der Waals surface area contributed by atoms with E-state index in [1.807, 2.05) is 6.92 Å². The average Bonchev–Trinajstić information content (AvgIpc) is 2.03. The Morgan fingerprint density at radius 3 is 1.93 bits per heavy atom. The quantitative estimate of drug-likeness (QED) is 0.473. The Kier molecular flexibility index (Phi) is 5.52. The molecule has 0 aliphatic carbocycles. The van der Waals surface area contributed by atoms with Gasteiger partial charge in [-0.25, -0.2) is 0 Å². The summed E-state index contributed by atoms with van der Waals surface area (Å²) in [6, 6.07) is 0. The largest absolute Gasteiger partial charge is 0.480 e. The molecule has 0 spiro atoms. The molecular weight excluding hydrogens is 188 g/mol. The number of carboxylic acid groups (broad SMARTS) is 2. The highest BCUT2D eigenvalue weighted by molar-refractivity contribution is 6.13. The van der Waals surface area contributed by atoms with Gasteiger partial charge in [0.05, 0.1) is 0 Å². The molecule has 0 atom stereocenters. The van der Waals surface area contributed by atoms with Gasteiger partial charge in [-0.05, 0) is 6.42 Å². The lowest BCUT2D eigenvalue weighted by atomic mass is 9.99. The smallest absolute Gasteiger partial charge is 0.325 e. The first-order valence-corrected chi connectivity index (χ1v) is 4.49. The molecule has 0 rings (SSSR count). The van der Waals surface area contributed by atoms with Gasteiger partial charge in [0.25, 0.3) is 0 Å². The number of carbonyl (C=O) groups is 3. The van der Waals surface area contributed by atoms with Crippen LogP contribution in [0.5, 0.6) is 0 Å². The number of rotatable bonds is 7. The molecule has 0 saturated heterocycles. The third kappa shape index (κ3) is 4.02. The maximum Gasteiger partial charge on any atom is 0.325 e. The number of unbranched alkanes of at least 4 members (excludes halogenated alkanes) is 2. The van der Waals surface area contributed by atoms with Crippen LogP contribution >= 0.6 is 0 Å². The fourth-order valence-corrected chi connectivity index (χ4v) is 1.07. The number of ketones is 1. The molecule has 5 nitrogen and oxygen atoms in total. The van der Waals surface area contributed by atoms with Crippen molar-refractivity contribution in [2.45, 2.75) is 32.6 Å². The Morgan fingerprint density at radius 1 is 1.07 bits per heavy atom. The molecule has 0 aliphatic heterocycles. The van der Waals surface area contributed by atoms with Gasteiger partial charge in [-0.3, -0.25) is 14.4 Å². The SMILES string of the molecule is CCCCCC(=O)C(C(=O)O)C(=O)O. The average molecular weight is 202 g/mol. The Balaban J connectivity index is 4.17. The van der Waals surface area contributed by atoms with Gasteiger partial charge in [0, 0.05) is 6.42 Å². The van der Waals surface area contributed by atoms with E-state index in [1.54, 1.807) is 0 Å². The predicted octanol–water partition coefficient (Wildman–Crippen LogP) is 0.921. The van der Waals surface area contributed by atoms with E-state index in [0.29, 0.717) is 6.42 Å². The van der Waals surface area contributed by atoms with E-state index in [9.17, 15) is 14.4 Å². The zero-order valence-electron chi connectivity index (χ0n) is 8.02. The first-order chi connectivity index (χ1) is 6.50. The molecule has 14 heavy (non-hydrogen) atoms. The van der Waals surface area contributed by atoms with Crippen molar-refractivity contribution in [3.05, 3.63) is 0 Å². The summed E-state index contributed by atoms with van der Waals surface area (Å²) in [4.78, 5) is 32.0. The minimum atomic E-state index is -1.90. The Hall–Kier alpha value is -1.39. The van der Waals surface area contributed by atoms with E-state index < -0.39 is 23.6 Å². The van der Waals surface area contributed by atoms with Crippen LogP contribution in [0.1, 0.15) is 32.6 Å². The van der Waals surface area contributed by atoms with Crippen molar-refractivity contribution in [3.8, 4) is 0 Å². The van der Waals surface area contributed by atoms with E-state index in [4.69, 9.17) is 10.2 Å². The summed E-state index contributed by atoms with van der Waals surface area (Å²) in [7, 11) is 0. The van der Waals surface area contributed by atoms with Crippen molar-refractivity contribution in [3.63, 3.8) is 0 Å². The number of hydrogen-bond acceptors (Lipinski definition) is 3. The molecule has 0 fully saturated rings. The Morgan fingerprint density at radius 2 is 1.57 bits per heavy atom. The lowest BCUT2D eigenvalue weighted by Crippen LogP contribution is -2.31. The second-order valence-corrected chi connectivity index (χ2v) is 3.03. The molecule has 5 heteroatoms. The van der Waals surface area contributed by atoms with Gasteiger partial charge in [-0.2, -0.15) is 0 Å². The summed E-state index contributed by atoms with van der Waals surface area (Å²) in [5, 5.41) is 16.9. The van der Waals surface area contributed by atoms with Gasteiger partial charge >= 0.3 is 11.9 Å². The van der Waals surface area contributed by atoms with Crippen molar-refractivity contribution in [1.82, 2.24) is 0 Å². The molecule has 80 valence electrons. The van der Waals surface area contributed by atoms with Crippen LogP contribution in [0.3, 0.4) is 0 Å². The lowest BCUT2D eigenvalue weighted by Gasteiger charge is -2.05. The number of hydrogen-bond donors (Lipinski definition) is 2. The fraction of sp³-hybridized carbons (Fsp3) is 0.667. The monoisotopic (exact) mass is 202 g/mol. The number of aliphatic carboxylic acids is 2. The highest BCUT2D eigenvalue weighted by atomic mass is 16.4. The highest BCUT2D eigenvalue weighted by Crippen LogP contribution is 2.07. The summed E-state index contributed by atoms with van der Waals surface area (Å²) in [6.45, 7) is 1.94. The molecular formula is C9H14O5. The van der Waals surface area contributed by atoms with Crippen molar-refractivity contribution in [1.29, 1.82) is 0 Å². The normalized spacial score (nSPS) is 10.1. The first kappa shape index (κ1) is 12.6. The van der Waals surface area contributed by atoms with Crippen LogP contribution in [0.4, 0.5) is 0 Å². The zero-order chi connectivity index (χ0) is 11.1. The zero-order valence-corrected chi connectivity index (χ0v) is 8.02. The molecule has 0 radical (unpaired) electrons. The van der Waals surface area contributed by atoms with Crippen LogP contribution in [0.2, 0.25) is 0 Å². The molecule has 0 aromatic heterocycles. The summed E-state index contributed by atoms with van der Waals surface area (Å²) < 4.78 is 0. The fourth-order valence-electron chi connectivity index (χ4n) is 1.07. The minimum Gasteiger partial charge on any atom is -0.480 e. The number of Topliss-reactive ketones (excluding diaryl/α,β-unsaturated/α-hetero) is 1. The van der Waals surface area contributed by atoms with Crippen LogP contribution < -0.4 is 0 Å². The van der Waals surface area contributed by atoms with Crippen molar-refractivity contribution in [2.75, 3.05) is 0 Å². The van der Waals surface area contributed by atoms with E-state index in [2.05, 4.69) is 0 Å². The topological polar surface area (TPSA) is 91.7 Å². The van der Waals surface area contributed by atoms with Crippen LogP contribution in [0.15, 0.2) is 0 Å². The molecule has 0 aliphatic rings. The van der Waals surface area contributed by atoms with Crippen molar-refractivity contribution < 1.29 is 24.6 Å². The number of carboxylic acids is 2. The minimum absolute atomic E-state index is 0.0249. The highest BCUT2D eigenvalue weighted by Gasteiger charge is 2.32. The van der Waals surface area contributed by atoms with Crippen molar-refractivity contribution in [2.24, 2.45) is 5.92 Å². The molecule has 0 aromatic rings. The standard InChI is InChI=1S/C9H14O5/c1-2-3-4-5-6(10)7(8(11)12)9(13)14/h7H,2-5H2,1H3,(H,11,12)(H,13,14). The van der Waals surface area contributed by atoms with E-state index >= 15 is 0 Å². The molecule has 0 unspecified atom stereocenters. The first-order valence-electron chi connectivity index (χ1n) is 4.49. The Bertz CT molecular complexity index is 219. The predicted molar refractivity (Wildman–Crippen MR) is 47.9 cm³/mol. The molecule has 0 amide bonds. The molecule has 2 N–H and O–H groups in total. The number of carbonyl (C=O) groups excluding carboxylic acids is 1. The van der Waals surface area contributed by atoms with Gasteiger partial charge in [0.1, 0.15) is 0 Å². The van der Waals surface area contributed by atoms with Gasteiger partial charge < -0.3 is 10.2 Å². The summed E-state index contributed by atoms with van der Waals surface area (Å²) in [5.74, 6) is -5.79. The summed E-state index contributed by atoms with van der Waals surface area (Å²) >= 11 is 0. The molecule has 0 saturated carbocycles. The third-order valence-corrected chi connectivity index (χ3v) is 1.84. The molecule has 0 bridgehead atoms. The van der Waals surface area contributed by atoms with Crippen LogP contribution in [0.25, 0.3) is 0 Å². The third-order valence-electron chi connectivity index (χ3n) is 1.84. The van der Waals surface area contributed by atoms with E-state index in [-0.39, 0.29) is 6.42 Å². The van der Waals surface area contributed by atoms with E-state index in [1.165, 1.54) is 0 Å².